The van der Waals surface area contributed by atoms with Crippen LogP contribution in [-0.4, -0.2) is 48.2 Å². The highest BCUT2D eigenvalue weighted by Crippen LogP contribution is 2.29. The number of nitrogens with two attached hydrogens (primary N) is 1. The Morgan fingerprint density at radius 2 is 1.59 bits per heavy atom. The van der Waals surface area contributed by atoms with Crippen molar-refractivity contribution in [3.05, 3.63) is 72.0 Å². The van der Waals surface area contributed by atoms with Crippen molar-refractivity contribution in [3.63, 3.8) is 0 Å². The summed E-state index contributed by atoms with van der Waals surface area (Å²) in [5, 5.41) is 0. The lowest BCUT2D eigenvalue weighted by molar-refractivity contribution is 0.0943. The highest BCUT2D eigenvalue weighted by atomic mass is 19.1. The molecular weight excluding hydrogens is 457 g/mol. The van der Waals surface area contributed by atoms with Crippen molar-refractivity contribution >= 4 is 11.3 Å². The van der Waals surface area contributed by atoms with Crippen molar-refractivity contribution in [1.82, 2.24) is 9.80 Å². The van der Waals surface area contributed by atoms with Crippen molar-refractivity contribution in [2.75, 3.05) is 32.7 Å². The Morgan fingerprint density at radius 1 is 1.00 bits per heavy atom. The Bertz CT molecular complexity index is 950. The van der Waals surface area contributed by atoms with Gasteiger partial charge in [0.2, 0.25) is 0 Å². The molecule has 2 heterocycles. The maximum Gasteiger partial charge on any atom is 0.118 e. The molecule has 0 bridgehead atoms. The fourth-order valence-electron chi connectivity index (χ4n) is 5.72. The van der Waals surface area contributed by atoms with Crippen LogP contribution in [0.4, 0.5) is 4.39 Å². The van der Waals surface area contributed by atoms with Crippen LogP contribution in [0, 0.1) is 11.8 Å². The monoisotopic (exact) mass is 507 g/mol. The number of nitrogens with zero attached hydrogens (tertiary/aromatic N) is 2. The third-order valence-electron chi connectivity index (χ3n) is 8.19. The van der Waals surface area contributed by atoms with Gasteiger partial charge in [0.1, 0.15) is 5.67 Å². The fraction of sp³-hybridized carbons (Fsp3) is 0.576. The zero-order valence-corrected chi connectivity index (χ0v) is 23.9. The molecule has 0 atom stereocenters. The Hall–Kier alpha value is -2.33. The van der Waals surface area contributed by atoms with Crippen LogP contribution < -0.4 is 5.73 Å². The molecular formula is C33H50FN3. The molecule has 0 unspecified atom stereocenters. The average Bonchev–Trinajstić information content (AvgIpc) is 2.87. The Labute approximate surface area is 226 Å². The van der Waals surface area contributed by atoms with Gasteiger partial charge >= 0.3 is 0 Å². The van der Waals surface area contributed by atoms with E-state index in [1.54, 1.807) is 13.8 Å². The minimum Gasteiger partial charge on any atom is -0.402 e. The molecule has 1 aromatic rings. The summed E-state index contributed by atoms with van der Waals surface area (Å²) in [6.07, 6.45) is 12.5. The van der Waals surface area contributed by atoms with Crippen molar-refractivity contribution in [2.45, 2.75) is 78.3 Å². The number of likely N-dealkylation sites (tertiary alicyclic amines) is 2. The largest absolute Gasteiger partial charge is 0.402 e. The molecule has 3 nitrogen and oxygen atoms in total. The summed E-state index contributed by atoms with van der Waals surface area (Å²) in [4.78, 5) is 4.67. The van der Waals surface area contributed by atoms with E-state index in [-0.39, 0.29) is 0 Å². The zero-order chi connectivity index (χ0) is 27.0. The number of piperidine rings is 2. The number of benzene rings is 1. The van der Waals surface area contributed by atoms with Crippen LogP contribution in [0.5, 0.6) is 0 Å². The van der Waals surface area contributed by atoms with Crippen LogP contribution in [0.25, 0.3) is 11.3 Å². The molecule has 0 aliphatic carbocycles. The Balaban J connectivity index is 1.49. The van der Waals surface area contributed by atoms with E-state index in [2.05, 4.69) is 73.2 Å². The third kappa shape index (κ3) is 9.17. The van der Waals surface area contributed by atoms with E-state index in [1.165, 1.54) is 41.5 Å². The molecule has 204 valence electrons. The first-order valence-corrected chi connectivity index (χ1v) is 14.3. The number of alkyl halides is 1. The summed E-state index contributed by atoms with van der Waals surface area (Å²) in [6.45, 7) is 20.7. The lowest BCUT2D eigenvalue weighted by Crippen LogP contribution is -2.41. The van der Waals surface area contributed by atoms with Crippen LogP contribution >= 0.6 is 0 Å². The SMILES string of the molecule is C=C(N)C1CCN(C(=C)c2ccc(/C(=C/C=C(\C)CCC3CCN(CC(C)(C)F)CC3)CC)cc2)CC1. The summed E-state index contributed by atoms with van der Waals surface area (Å²) >= 11 is 0. The predicted molar refractivity (Wildman–Crippen MR) is 159 cm³/mol. The van der Waals surface area contributed by atoms with Gasteiger partial charge < -0.3 is 15.5 Å². The van der Waals surface area contributed by atoms with Gasteiger partial charge in [-0.25, -0.2) is 4.39 Å². The van der Waals surface area contributed by atoms with Gasteiger partial charge in [0.25, 0.3) is 0 Å². The van der Waals surface area contributed by atoms with E-state index in [0.717, 1.165) is 69.2 Å². The minimum atomic E-state index is -1.10. The predicted octanol–water partition coefficient (Wildman–Crippen LogP) is 7.82. The average molecular weight is 508 g/mol. The number of allylic oxidation sites excluding steroid dienone is 5. The fourth-order valence-corrected chi connectivity index (χ4v) is 5.72. The second-order valence-corrected chi connectivity index (χ2v) is 11.9. The minimum absolute atomic E-state index is 0.438. The first-order valence-electron chi connectivity index (χ1n) is 14.3. The lowest BCUT2D eigenvalue weighted by Gasteiger charge is -2.35. The van der Waals surface area contributed by atoms with E-state index < -0.39 is 5.67 Å². The van der Waals surface area contributed by atoms with Crippen LogP contribution in [0.15, 0.2) is 60.8 Å². The standard InChI is InChI=1S/C33H50FN3/c1-7-29(11-9-25(2)8-10-28-16-20-36(21-17-28)24-33(5,6)34)32-14-12-31(13-15-32)27(4)37-22-18-30(19-23-37)26(3)35/h9,11-15,28,30H,3-4,7-8,10,16-24,35H2,1-2,5-6H3/b25-9+,29-11+. The maximum atomic E-state index is 13.9. The van der Waals surface area contributed by atoms with Gasteiger partial charge in [0, 0.05) is 36.9 Å². The summed E-state index contributed by atoms with van der Waals surface area (Å²) < 4.78 is 13.9. The smallest absolute Gasteiger partial charge is 0.118 e. The molecule has 0 radical (unpaired) electrons. The van der Waals surface area contributed by atoms with E-state index in [4.69, 9.17) is 5.73 Å². The van der Waals surface area contributed by atoms with Gasteiger partial charge in [-0.1, -0.05) is 62.1 Å². The van der Waals surface area contributed by atoms with Crippen LogP contribution in [0.1, 0.15) is 83.8 Å². The maximum absolute atomic E-state index is 13.9. The lowest BCUT2D eigenvalue weighted by atomic mass is 9.90. The van der Waals surface area contributed by atoms with E-state index in [9.17, 15) is 4.39 Å². The van der Waals surface area contributed by atoms with Gasteiger partial charge in [-0.3, -0.25) is 0 Å². The van der Waals surface area contributed by atoms with Gasteiger partial charge in [0.15, 0.2) is 0 Å². The molecule has 0 spiro atoms. The molecule has 4 heteroatoms. The van der Waals surface area contributed by atoms with Crippen LogP contribution in [0.3, 0.4) is 0 Å². The summed E-state index contributed by atoms with van der Waals surface area (Å²) in [5.74, 6) is 1.20. The topological polar surface area (TPSA) is 32.5 Å². The third-order valence-corrected chi connectivity index (χ3v) is 8.19. The van der Waals surface area contributed by atoms with Gasteiger partial charge in [-0.2, -0.15) is 0 Å². The van der Waals surface area contributed by atoms with Crippen molar-refractivity contribution < 1.29 is 4.39 Å². The molecule has 2 aliphatic heterocycles. The molecule has 0 amide bonds. The van der Waals surface area contributed by atoms with E-state index in [0.29, 0.717) is 12.5 Å². The highest BCUT2D eigenvalue weighted by molar-refractivity contribution is 5.70. The Morgan fingerprint density at radius 3 is 2.14 bits per heavy atom. The van der Waals surface area contributed by atoms with Crippen LogP contribution in [-0.2, 0) is 0 Å². The van der Waals surface area contributed by atoms with Gasteiger partial charge in [-0.15, -0.1) is 0 Å². The number of halogens is 1. The van der Waals surface area contributed by atoms with Crippen molar-refractivity contribution in [1.29, 1.82) is 0 Å². The Kier molecular flexibility index (Phi) is 10.6. The summed E-state index contributed by atoms with van der Waals surface area (Å²) in [5.41, 5.74) is 12.0. The molecule has 2 fully saturated rings. The van der Waals surface area contributed by atoms with Crippen LogP contribution in [0.2, 0.25) is 0 Å². The molecule has 3 rings (SSSR count). The molecule has 2 saturated heterocycles. The zero-order valence-electron chi connectivity index (χ0n) is 23.9. The second kappa shape index (κ2) is 13.5. The first-order chi connectivity index (χ1) is 17.6. The van der Waals surface area contributed by atoms with E-state index >= 15 is 0 Å². The van der Waals surface area contributed by atoms with Crippen molar-refractivity contribution in [3.8, 4) is 0 Å². The van der Waals surface area contributed by atoms with Gasteiger partial charge in [0.05, 0.1) is 0 Å². The molecule has 1 aromatic carbocycles. The normalized spacial score (nSPS) is 19.3. The van der Waals surface area contributed by atoms with Crippen molar-refractivity contribution in [2.24, 2.45) is 17.6 Å². The van der Waals surface area contributed by atoms with Gasteiger partial charge in [-0.05, 0) is 101 Å². The first kappa shape index (κ1) is 29.2. The number of hydrogen-bond donors (Lipinski definition) is 1. The molecule has 0 saturated carbocycles. The molecule has 37 heavy (non-hydrogen) atoms. The summed E-state index contributed by atoms with van der Waals surface area (Å²) in [7, 11) is 0. The second-order valence-electron chi connectivity index (χ2n) is 11.9. The van der Waals surface area contributed by atoms with E-state index in [1.807, 2.05) is 0 Å². The number of rotatable bonds is 11. The number of hydrogen-bond acceptors (Lipinski definition) is 3. The molecule has 2 N–H and O–H groups in total. The quantitative estimate of drug-likeness (QED) is 0.310. The molecule has 0 aromatic heterocycles. The summed E-state index contributed by atoms with van der Waals surface area (Å²) in [6, 6.07) is 8.89. The molecule has 2 aliphatic rings. The highest BCUT2D eigenvalue weighted by Gasteiger charge is 2.25.